The first-order chi connectivity index (χ1) is 9.68. The lowest BCUT2D eigenvalue weighted by Gasteiger charge is -2.27. The zero-order chi connectivity index (χ0) is 14.3. The van der Waals surface area contributed by atoms with Crippen molar-refractivity contribution in [1.82, 2.24) is 10.2 Å². The van der Waals surface area contributed by atoms with Crippen LogP contribution in [0.4, 0.5) is 0 Å². The summed E-state index contributed by atoms with van der Waals surface area (Å²) in [5.74, 6) is 0. The average molecular weight is 278 g/mol. The lowest BCUT2D eigenvalue weighted by atomic mass is 9.96. The van der Waals surface area contributed by atoms with Gasteiger partial charge in [0.15, 0.2) is 0 Å². The highest BCUT2D eigenvalue weighted by atomic mass is 16.5. The van der Waals surface area contributed by atoms with Gasteiger partial charge in [-0.3, -0.25) is 4.90 Å². The van der Waals surface area contributed by atoms with Gasteiger partial charge in [-0.25, -0.2) is 0 Å². The average Bonchev–Trinajstić information content (AvgIpc) is 2.49. The van der Waals surface area contributed by atoms with Crippen LogP contribution in [-0.4, -0.2) is 55.9 Å². The highest BCUT2D eigenvalue weighted by Gasteiger charge is 2.21. The molecule has 0 radical (unpaired) electrons. The minimum absolute atomic E-state index is 0.583. The Bertz CT molecular complexity index is 375. The monoisotopic (exact) mass is 278 g/mol. The van der Waals surface area contributed by atoms with Crippen molar-refractivity contribution in [3.05, 3.63) is 35.9 Å². The maximum Gasteiger partial charge on any atom is 0.0992 e. The van der Waals surface area contributed by atoms with E-state index in [2.05, 4.69) is 10.2 Å². The van der Waals surface area contributed by atoms with Crippen molar-refractivity contribution in [2.75, 3.05) is 45.9 Å². The van der Waals surface area contributed by atoms with Gasteiger partial charge in [0.2, 0.25) is 0 Å². The second-order valence-electron chi connectivity index (χ2n) is 5.62. The Morgan fingerprint density at radius 2 is 1.95 bits per heavy atom. The number of ether oxygens (including phenoxy) is 1. The standard InChI is InChI=1S/C16H26N2O2/c1-16(19,15-6-3-2-4-7-15)14-17-8-5-9-18-10-12-20-13-11-18/h2-4,6-7,17,19H,5,8-14H2,1H3. The lowest BCUT2D eigenvalue weighted by molar-refractivity contribution is 0.0364. The smallest absolute Gasteiger partial charge is 0.0992 e. The molecule has 1 atom stereocenters. The van der Waals surface area contributed by atoms with Crippen LogP contribution in [0.25, 0.3) is 0 Å². The fourth-order valence-electron chi connectivity index (χ4n) is 2.48. The van der Waals surface area contributed by atoms with Crippen LogP contribution in [0, 0.1) is 0 Å². The van der Waals surface area contributed by atoms with Gasteiger partial charge >= 0.3 is 0 Å². The van der Waals surface area contributed by atoms with E-state index < -0.39 is 5.60 Å². The van der Waals surface area contributed by atoms with Crippen molar-refractivity contribution in [3.63, 3.8) is 0 Å². The number of rotatable bonds is 7. The molecule has 0 saturated carbocycles. The number of hydrogen-bond acceptors (Lipinski definition) is 4. The van der Waals surface area contributed by atoms with E-state index in [1.54, 1.807) is 0 Å². The van der Waals surface area contributed by atoms with Crippen LogP contribution in [0.1, 0.15) is 18.9 Å². The third kappa shape index (κ3) is 4.87. The molecule has 1 aromatic rings. The molecule has 1 aliphatic rings. The van der Waals surface area contributed by atoms with Crippen molar-refractivity contribution in [1.29, 1.82) is 0 Å². The zero-order valence-corrected chi connectivity index (χ0v) is 12.3. The molecule has 112 valence electrons. The molecule has 1 heterocycles. The minimum Gasteiger partial charge on any atom is -0.384 e. The van der Waals surface area contributed by atoms with Crippen molar-refractivity contribution in [3.8, 4) is 0 Å². The third-order valence-electron chi connectivity index (χ3n) is 3.80. The maximum atomic E-state index is 10.4. The van der Waals surface area contributed by atoms with E-state index >= 15 is 0 Å². The molecule has 20 heavy (non-hydrogen) atoms. The molecule has 4 nitrogen and oxygen atoms in total. The Morgan fingerprint density at radius 1 is 1.25 bits per heavy atom. The molecule has 1 aromatic carbocycles. The van der Waals surface area contributed by atoms with E-state index in [0.717, 1.165) is 51.4 Å². The number of hydrogen-bond donors (Lipinski definition) is 2. The summed E-state index contributed by atoms with van der Waals surface area (Å²) in [5, 5.41) is 13.8. The highest BCUT2D eigenvalue weighted by Crippen LogP contribution is 2.18. The second kappa shape index (κ2) is 7.74. The Balaban J connectivity index is 1.62. The molecule has 1 saturated heterocycles. The van der Waals surface area contributed by atoms with E-state index in [1.807, 2.05) is 37.3 Å². The Hall–Kier alpha value is -0.940. The molecular formula is C16H26N2O2. The predicted octanol–water partition coefficient (Wildman–Crippen LogP) is 1.21. The normalized spacial score (nSPS) is 19.7. The Labute approximate surface area is 121 Å². The van der Waals surface area contributed by atoms with Gasteiger partial charge in [-0.1, -0.05) is 30.3 Å². The zero-order valence-electron chi connectivity index (χ0n) is 12.3. The second-order valence-corrected chi connectivity index (χ2v) is 5.62. The summed E-state index contributed by atoms with van der Waals surface area (Å²) in [6.45, 7) is 8.28. The summed E-state index contributed by atoms with van der Waals surface area (Å²) < 4.78 is 5.33. The fraction of sp³-hybridized carbons (Fsp3) is 0.625. The summed E-state index contributed by atoms with van der Waals surface area (Å²) in [5.41, 5.74) is 0.154. The number of nitrogens with one attached hydrogen (secondary N) is 1. The van der Waals surface area contributed by atoms with Gasteiger partial charge in [-0.05, 0) is 32.0 Å². The Morgan fingerprint density at radius 3 is 2.65 bits per heavy atom. The van der Waals surface area contributed by atoms with Crippen LogP contribution in [0.5, 0.6) is 0 Å². The molecule has 2 N–H and O–H groups in total. The molecular weight excluding hydrogens is 252 g/mol. The molecule has 2 rings (SSSR count). The van der Waals surface area contributed by atoms with Gasteiger partial charge in [0, 0.05) is 19.6 Å². The van der Waals surface area contributed by atoms with Gasteiger partial charge in [0.1, 0.15) is 0 Å². The summed E-state index contributed by atoms with van der Waals surface area (Å²) in [7, 11) is 0. The first-order valence-electron chi connectivity index (χ1n) is 7.47. The first-order valence-corrected chi connectivity index (χ1v) is 7.47. The largest absolute Gasteiger partial charge is 0.384 e. The molecule has 0 spiro atoms. The molecule has 0 amide bonds. The molecule has 0 bridgehead atoms. The fourth-order valence-corrected chi connectivity index (χ4v) is 2.48. The Kier molecular flexibility index (Phi) is 5.98. The van der Waals surface area contributed by atoms with Crippen molar-refractivity contribution < 1.29 is 9.84 Å². The summed E-state index contributed by atoms with van der Waals surface area (Å²) in [6, 6.07) is 9.82. The molecule has 4 heteroatoms. The molecule has 1 fully saturated rings. The molecule has 1 unspecified atom stereocenters. The first kappa shape index (κ1) is 15.4. The topological polar surface area (TPSA) is 44.7 Å². The van der Waals surface area contributed by atoms with E-state index in [9.17, 15) is 5.11 Å². The minimum atomic E-state index is -0.805. The summed E-state index contributed by atoms with van der Waals surface area (Å²) in [6.07, 6.45) is 1.10. The van der Waals surface area contributed by atoms with Crippen LogP contribution in [0.2, 0.25) is 0 Å². The number of aliphatic hydroxyl groups is 1. The summed E-state index contributed by atoms with van der Waals surface area (Å²) in [4.78, 5) is 2.43. The SMILES string of the molecule is CC(O)(CNCCCN1CCOCC1)c1ccccc1. The lowest BCUT2D eigenvalue weighted by Crippen LogP contribution is -2.39. The molecule has 0 aromatic heterocycles. The van der Waals surface area contributed by atoms with Crippen LogP contribution in [-0.2, 0) is 10.3 Å². The predicted molar refractivity (Wildman–Crippen MR) is 80.8 cm³/mol. The van der Waals surface area contributed by atoms with Gasteiger partial charge in [-0.15, -0.1) is 0 Å². The van der Waals surface area contributed by atoms with Crippen LogP contribution >= 0.6 is 0 Å². The van der Waals surface area contributed by atoms with Crippen molar-refractivity contribution in [2.45, 2.75) is 18.9 Å². The van der Waals surface area contributed by atoms with Gasteiger partial charge in [0.25, 0.3) is 0 Å². The number of nitrogens with zero attached hydrogens (tertiary/aromatic N) is 1. The van der Waals surface area contributed by atoms with Gasteiger partial charge in [-0.2, -0.15) is 0 Å². The van der Waals surface area contributed by atoms with E-state index in [-0.39, 0.29) is 0 Å². The van der Waals surface area contributed by atoms with Crippen molar-refractivity contribution in [2.24, 2.45) is 0 Å². The molecule has 0 aliphatic carbocycles. The highest BCUT2D eigenvalue weighted by molar-refractivity contribution is 5.21. The maximum absolute atomic E-state index is 10.4. The van der Waals surface area contributed by atoms with E-state index in [1.165, 1.54) is 0 Å². The number of morpholine rings is 1. The summed E-state index contributed by atoms with van der Waals surface area (Å²) >= 11 is 0. The van der Waals surface area contributed by atoms with Crippen LogP contribution < -0.4 is 5.32 Å². The quantitative estimate of drug-likeness (QED) is 0.736. The van der Waals surface area contributed by atoms with E-state index in [4.69, 9.17) is 4.74 Å². The van der Waals surface area contributed by atoms with E-state index in [0.29, 0.717) is 6.54 Å². The van der Waals surface area contributed by atoms with Crippen LogP contribution in [0.15, 0.2) is 30.3 Å². The van der Waals surface area contributed by atoms with Gasteiger partial charge < -0.3 is 15.2 Å². The van der Waals surface area contributed by atoms with Gasteiger partial charge in [0.05, 0.1) is 18.8 Å². The number of benzene rings is 1. The van der Waals surface area contributed by atoms with Crippen molar-refractivity contribution >= 4 is 0 Å². The van der Waals surface area contributed by atoms with Crippen LogP contribution in [0.3, 0.4) is 0 Å². The molecule has 1 aliphatic heterocycles. The third-order valence-corrected chi connectivity index (χ3v) is 3.80.